The summed E-state index contributed by atoms with van der Waals surface area (Å²) in [5, 5.41) is 0. The van der Waals surface area contributed by atoms with Crippen molar-refractivity contribution in [3.05, 3.63) is 54.2 Å². The number of hydrogen-bond acceptors (Lipinski definition) is 5. The fourth-order valence-corrected chi connectivity index (χ4v) is 3.91. The van der Waals surface area contributed by atoms with Gasteiger partial charge in [0.2, 0.25) is 10.0 Å². The summed E-state index contributed by atoms with van der Waals surface area (Å²) in [6, 6.07) is 4.76. The van der Waals surface area contributed by atoms with E-state index in [0.717, 1.165) is 11.8 Å². The summed E-state index contributed by atoms with van der Waals surface area (Å²) in [6.45, 7) is 0.488. The molecule has 0 aromatic carbocycles. The van der Waals surface area contributed by atoms with Gasteiger partial charge in [-0.25, -0.2) is 13.1 Å². The van der Waals surface area contributed by atoms with Crippen LogP contribution in [0.2, 0.25) is 0 Å². The third-order valence-corrected chi connectivity index (χ3v) is 4.84. The molecule has 0 bridgehead atoms. The quantitative estimate of drug-likeness (QED) is 0.871. The van der Waals surface area contributed by atoms with Crippen LogP contribution in [0.3, 0.4) is 0 Å². The number of hydrogen-bond donors (Lipinski definition) is 1. The Morgan fingerprint density at radius 2 is 2.29 bits per heavy atom. The zero-order valence-corrected chi connectivity index (χ0v) is 14.1. The number of rotatable bonds is 5. The van der Waals surface area contributed by atoms with E-state index in [1.54, 1.807) is 23.4 Å². The molecule has 2 aromatic heterocycles. The third-order valence-electron chi connectivity index (χ3n) is 4.11. The zero-order chi connectivity index (χ0) is 17.2. The highest BCUT2D eigenvalue weighted by molar-refractivity contribution is 7.88. The maximum Gasteiger partial charge on any atom is 0.257 e. The third kappa shape index (κ3) is 3.82. The van der Waals surface area contributed by atoms with Crippen molar-refractivity contribution >= 4 is 15.9 Å². The van der Waals surface area contributed by atoms with Crippen LogP contribution in [-0.2, 0) is 16.4 Å². The number of nitrogens with zero attached hydrogens (tertiary/aromatic N) is 2. The minimum absolute atomic E-state index is 0.157. The van der Waals surface area contributed by atoms with E-state index < -0.39 is 10.0 Å². The molecule has 1 saturated heterocycles. The van der Waals surface area contributed by atoms with Gasteiger partial charge in [-0.1, -0.05) is 6.07 Å². The molecule has 3 rings (SSSR count). The molecule has 0 unspecified atom stereocenters. The van der Waals surface area contributed by atoms with Crippen LogP contribution in [0.4, 0.5) is 0 Å². The van der Waals surface area contributed by atoms with Crippen LogP contribution in [-0.4, -0.2) is 49.1 Å². The number of likely N-dealkylation sites (tertiary alicyclic amines) is 1. The molecule has 2 atom stereocenters. The SMILES string of the molecule is CS(=O)(=O)N[C@@H]1CCN(C(=O)c2ccoc2)[C@H]1Cc1cccnc1. The van der Waals surface area contributed by atoms with Crippen molar-refractivity contribution in [2.75, 3.05) is 12.8 Å². The van der Waals surface area contributed by atoms with Gasteiger partial charge in [0.15, 0.2) is 0 Å². The minimum atomic E-state index is -3.36. The Morgan fingerprint density at radius 3 is 2.92 bits per heavy atom. The van der Waals surface area contributed by atoms with Crippen LogP contribution >= 0.6 is 0 Å². The lowest BCUT2D eigenvalue weighted by Gasteiger charge is -2.28. The Bertz CT molecular complexity index is 790. The van der Waals surface area contributed by atoms with Crippen molar-refractivity contribution in [3.8, 4) is 0 Å². The fraction of sp³-hybridized carbons (Fsp3) is 0.375. The predicted molar refractivity (Wildman–Crippen MR) is 87.9 cm³/mol. The number of furan rings is 1. The van der Waals surface area contributed by atoms with Crippen molar-refractivity contribution in [2.45, 2.75) is 24.9 Å². The van der Waals surface area contributed by atoms with Crippen molar-refractivity contribution < 1.29 is 17.6 Å². The Balaban J connectivity index is 1.85. The molecule has 1 aliphatic rings. The van der Waals surface area contributed by atoms with E-state index in [1.807, 2.05) is 12.1 Å². The van der Waals surface area contributed by atoms with E-state index in [4.69, 9.17) is 4.42 Å². The maximum atomic E-state index is 12.7. The summed E-state index contributed by atoms with van der Waals surface area (Å²) < 4.78 is 30.9. The molecule has 1 amide bonds. The fourth-order valence-electron chi connectivity index (χ4n) is 3.08. The van der Waals surface area contributed by atoms with E-state index in [0.29, 0.717) is 24.9 Å². The number of amides is 1. The molecular weight excluding hydrogens is 330 g/mol. The second-order valence-corrected chi connectivity index (χ2v) is 7.71. The average molecular weight is 349 g/mol. The lowest BCUT2D eigenvalue weighted by molar-refractivity contribution is 0.0727. The van der Waals surface area contributed by atoms with Crippen LogP contribution < -0.4 is 4.72 Å². The molecule has 2 aromatic rings. The number of nitrogens with one attached hydrogen (secondary N) is 1. The second kappa shape index (κ2) is 6.74. The Hall–Kier alpha value is -2.19. The molecule has 0 saturated carbocycles. The standard InChI is InChI=1S/C16H19N3O4S/c1-24(21,22)18-14-4-7-19(16(20)13-5-8-23-11-13)15(14)9-12-3-2-6-17-10-12/h2-3,5-6,8,10-11,14-15,18H,4,7,9H2,1H3/t14-,15+/m1/s1. The summed E-state index contributed by atoms with van der Waals surface area (Å²) in [5.41, 5.74) is 1.42. The van der Waals surface area contributed by atoms with E-state index in [-0.39, 0.29) is 18.0 Å². The summed E-state index contributed by atoms with van der Waals surface area (Å²) in [5.74, 6) is -0.157. The van der Waals surface area contributed by atoms with E-state index in [9.17, 15) is 13.2 Å². The maximum absolute atomic E-state index is 12.7. The first kappa shape index (κ1) is 16.7. The summed E-state index contributed by atoms with van der Waals surface area (Å²) in [4.78, 5) is 18.5. The van der Waals surface area contributed by atoms with Gasteiger partial charge in [0, 0.05) is 25.0 Å². The van der Waals surface area contributed by atoms with Crippen molar-refractivity contribution in [2.24, 2.45) is 0 Å². The Morgan fingerprint density at radius 1 is 1.46 bits per heavy atom. The molecule has 7 nitrogen and oxygen atoms in total. The number of sulfonamides is 1. The molecular formula is C16H19N3O4S. The van der Waals surface area contributed by atoms with E-state index in [1.165, 1.54) is 12.5 Å². The lowest BCUT2D eigenvalue weighted by atomic mass is 10.0. The van der Waals surface area contributed by atoms with Crippen LogP contribution in [0.15, 0.2) is 47.5 Å². The number of pyridine rings is 1. The first-order valence-corrected chi connectivity index (χ1v) is 9.52. The van der Waals surface area contributed by atoms with Crippen LogP contribution in [0.5, 0.6) is 0 Å². The van der Waals surface area contributed by atoms with Gasteiger partial charge < -0.3 is 9.32 Å². The Labute approximate surface area is 140 Å². The summed E-state index contributed by atoms with van der Waals surface area (Å²) in [7, 11) is -3.36. The highest BCUT2D eigenvalue weighted by Gasteiger charge is 2.38. The topological polar surface area (TPSA) is 92.5 Å². The van der Waals surface area contributed by atoms with Gasteiger partial charge in [-0.3, -0.25) is 9.78 Å². The van der Waals surface area contributed by atoms with Gasteiger partial charge in [0.1, 0.15) is 6.26 Å². The van der Waals surface area contributed by atoms with E-state index in [2.05, 4.69) is 9.71 Å². The molecule has 8 heteroatoms. The summed E-state index contributed by atoms with van der Waals surface area (Å²) in [6.07, 6.45) is 8.50. The molecule has 0 radical (unpaired) electrons. The lowest BCUT2D eigenvalue weighted by Crippen LogP contribution is -2.47. The normalized spacial score (nSPS) is 21.1. The first-order chi connectivity index (χ1) is 11.4. The highest BCUT2D eigenvalue weighted by Crippen LogP contribution is 2.24. The average Bonchev–Trinajstić information content (AvgIpc) is 3.17. The summed E-state index contributed by atoms with van der Waals surface area (Å²) >= 11 is 0. The van der Waals surface area contributed by atoms with Crippen LogP contribution in [0, 0.1) is 0 Å². The number of carbonyl (C=O) groups is 1. The highest BCUT2D eigenvalue weighted by atomic mass is 32.2. The second-order valence-electron chi connectivity index (χ2n) is 5.93. The zero-order valence-electron chi connectivity index (χ0n) is 13.3. The smallest absolute Gasteiger partial charge is 0.257 e. The monoisotopic (exact) mass is 349 g/mol. The molecule has 1 fully saturated rings. The van der Waals surface area contributed by atoms with Crippen molar-refractivity contribution in [3.63, 3.8) is 0 Å². The van der Waals surface area contributed by atoms with Gasteiger partial charge in [0.25, 0.3) is 5.91 Å². The Kier molecular flexibility index (Phi) is 4.68. The molecule has 3 heterocycles. The van der Waals surface area contributed by atoms with Gasteiger partial charge in [-0.05, 0) is 30.5 Å². The minimum Gasteiger partial charge on any atom is -0.472 e. The van der Waals surface area contributed by atoms with Crippen LogP contribution in [0.1, 0.15) is 22.3 Å². The predicted octanol–water partition coefficient (Wildman–Crippen LogP) is 1.05. The molecule has 1 N–H and O–H groups in total. The van der Waals surface area contributed by atoms with Gasteiger partial charge in [-0.2, -0.15) is 0 Å². The molecule has 128 valence electrons. The molecule has 1 aliphatic heterocycles. The molecule has 0 spiro atoms. The van der Waals surface area contributed by atoms with E-state index >= 15 is 0 Å². The molecule has 0 aliphatic carbocycles. The van der Waals surface area contributed by atoms with Crippen molar-refractivity contribution in [1.29, 1.82) is 0 Å². The van der Waals surface area contributed by atoms with Crippen LogP contribution in [0.25, 0.3) is 0 Å². The van der Waals surface area contributed by atoms with Crippen molar-refractivity contribution in [1.82, 2.24) is 14.6 Å². The van der Waals surface area contributed by atoms with Gasteiger partial charge >= 0.3 is 0 Å². The van der Waals surface area contributed by atoms with Gasteiger partial charge in [0.05, 0.1) is 24.1 Å². The number of aromatic nitrogens is 1. The largest absolute Gasteiger partial charge is 0.472 e. The number of carbonyl (C=O) groups excluding carboxylic acids is 1. The first-order valence-electron chi connectivity index (χ1n) is 7.63. The van der Waals surface area contributed by atoms with Gasteiger partial charge in [-0.15, -0.1) is 0 Å². The molecule has 24 heavy (non-hydrogen) atoms.